The van der Waals surface area contributed by atoms with Crippen LogP contribution in [-0.4, -0.2) is 32.1 Å². The Bertz CT molecular complexity index is 340. The van der Waals surface area contributed by atoms with Crippen molar-refractivity contribution >= 4 is 23.2 Å². The van der Waals surface area contributed by atoms with Gasteiger partial charge < -0.3 is 10.2 Å². The minimum atomic E-state index is 0.287. The lowest BCUT2D eigenvalue weighted by Gasteiger charge is -2.17. The van der Waals surface area contributed by atoms with Crippen molar-refractivity contribution in [3.63, 3.8) is 0 Å². The number of likely N-dealkylation sites (N-methyl/N-ethyl adjacent to an activating group) is 1. The average Bonchev–Trinajstić information content (AvgIpc) is 2.21. The molecule has 0 heterocycles. The van der Waals surface area contributed by atoms with E-state index in [1.807, 2.05) is 18.2 Å². The molecule has 0 spiro atoms. The van der Waals surface area contributed by atoms with E-state index in [1.165, 1.54) is 0 Å². The molecule has 0 bridgehead atoms. The van der Waals surface area contributed by atoms with Crippen molar-refractivity contribution in [2.24, 2.45) is 0 Å². The zero-order valence-corrected chi connectivity index (χ0v) is 11.4. The molecule has 1 N–H and O–H groups in total. The summed E-state index contributed by atoms with van der Waals surface area (Å²) in [5.74, 6) is 0. The van der Waals surface area contributed by atoms with Crippen LogP contribution in [0.5, 0.6) is 0 Å². The number of nitrogens with zero attached hydrogens (tertiary/aromatic N) is 1. The molecule has 1 aromatic carbocycles. The van der Waals surface area contributed by atoms with E-state index in [0.29, 0.717) is 10.0 Å². The highest BCUT2D eigenvalue weighted by Gasteiger charge is 2.06. The second-order valence-electron chi connectivity index (χ2n) is 4.15. The van der Waals surface area contributed by atoms with E-state index < -0.39 is 0 Å². The maximum absolute atomic E-state index is 5.97. The van der Waals surface area contributed by atoms with Crippen LogP contribution in [0.2, 0.25) is 10.0 Å². The molecule has 0 aliphatic carbocycles. The van der Waals surface area contributed by atoms with Gasteiger partial charge in [0.2, 0.25) is 0 Å². The zero-order valence-electron chi connectivity index (χ0n) is 9.93. The lowest BCUT2D eigenvalue weighted by atomic mass is 10.1. The molecule has 16 heavy (non-hydrogen) atoms. The number of rotatable bonds is 5. The van der Waals surface area contributed by atoms with E-state index in [2.05, 4.69) is 31.2 Å². The van der Waals surface area contributed by atoms with Gasteiger partial charge in [0.15, 0.2) is 0 Å². The summed E-state index contributed by atoms with van der Waals surface area (Å²) >= 11 is 11.8. The normalized spacial score (nSPS) is 13.1. The number of hydrogen-bond acceptors (Lipinski definition) is 2. The van der Waals surface area contributed by atoms with Crippen LogP contribution >= 0.6 is 23.2 Å². The molecule has 0 aliphatic rings. The van der Waals surface area contributed by atoms with Gasteiger partial charge in [-0.25, -0.2) is 0 Å². The first-order chi connectivity index (χ1) is 7.50. The summed E-state index contributed by atoms with van der Waals surface area (Å²) < 4.78 is 0. The molecule has 1 unspecified atom stereocenters. The minimum Gasteiger partial charge on any atom is -0.309 e. The SMILES string of the molecule is CC(NCCN(C)C)c1ccc(Cl)c(Cl)c1. The van der Waals surface area contributed by atoms with Gasteiger partial charge in [-0.05, 0) is 38.7 Å². The van der Waals surface area contributed by atoms with Gasteiger partial charge in [0.1, 0.15) is 0 Å². The maximum atomic E-state index is 5.97. The van der Waals surface area contributed by atoms with E-state index in [9.17, 15) is 0 Å². The zero-order chi connectivity index (χ0) is 12.1. The third-order valence-corrected chi connectivity index (χ3v) is 3.19. The topological polar surface area (TPSA) is 15.3 Å². The van der Waals surface area contributed by atoms with Gasteiger partial charge in [-0.1, -0.05) is 29.3 Å². The van der Waals surface area contributed by atoms with Crippen LogP contribution in [0.25, 0.3) is 0 Å². The van der Waals surface area contributed by atoms with Crippen LogP contribution in [0.3, 0.4) is 0 Å². The van der Waals surface area contributed by atoms with E-state index in [-0.39, 0.29) is 6.04 Å². The fourth-order valence-electron chi connectivity index (χ4n) is 1.40. The third kappa shape index (κ3) is 4.30. The number of benzene rings is 1. The number of nitrogens with one attached hydrogen (secondary N) is 1. The molecule has 0 amide bonds. The minimum absolute atomic E-state index is 0.287. The quantitative estimate of drug-likeness (QED) is 0.875. The van der Waals surface area contributed by atoms with Gasteiger partial charge in [0, 0.05) is 19.1 Å². The third-order valence-electron chi connectivity index (χ3n) is 2.45. The molecule has 0 fully saturated rings. The molecule has 1 rings (SSSR count). The fraction of sp³-hybridized carbons (Fsp3) is 0.500. The predicted octanol–water partition coefficient (Wildman–Crippen LogP) is 3.21. The van der Waals surface area contributed by atoms with Gasteiger partial charge in [-0.15, -0.1) is 0 Å². The van der Waals surface area contributed by atoms with Gasteiger partial charge >= 0.3 is 0 Å². The van der Waals surface area contributed by atoms with E-state index >= 15 is 0 Å². The Hall–Kier alpha value is -0.280. The Morgan fingerprint density at radius 3 is 2.50 bits per heavy atom. The highest BCUT2D eigenvalue weighted by Crippen LogP contribution is 2.25. The first kappa shape index (κ1) is 13.8. The van der Waals surface area contributed by atoms with Gasteiger partial charge in [-0.3, -0.25) is 0 Å². The largest absolute Gasteiger partial charge is 0.309 e. The molecule has 90 valence electrons. The van der Waals surface area contributed by atoms with Crippen molar-refractivity contribution < 1.29 is 0 Å². The lowest BCUT2D eigenvalue weighted by molar-refractivity contribution is 0.389. The summed E-state index contributed by atoms with van der Waals surface area (Å²) in [5.41, 5.74) is 1.16. The molecule has 0 saturated carbocycles. The van der Waals surface area contributed by atoms with Crippen LogP contribution in [0.1, 0.15) is 18.5 Å². The van der Waals surface area contributed by atoms with E-state index in [4.69, 9.17) is 23.2 Å². The van der Waals surface area contributed by atoms with E-state index in [1.54, 1.807) is 0 Å². The summed E-state index contributed by atoms with van der Waals surface area (Å²) in [6.45, 7) is 4.09. The van der Waals surface area contributed by atoms with Crippen LogP contribution in [0, 0.1) is 0 Å². The van der Waals surface area contributed by atoms with Gasteiger partial charge in [-0.2, -0.15) is 0 Å². The molecular weight excluding hydrogens is 243 g/mol. The van der Waals surface area contributed by atoms with Crippen molar-refractivity contribution in [3.05, 3.63) is 33.8 Å². The Morgan fingerprint density at radius 1 is 1.25 bits per heavy atom. The van der Waals surface area contributed by atoms with E-state index in [0.717, 1.165) is 18.7 Å². The average molecular weight is 261 g/mol. The Balaban J connectivity index is 2.52. The molecule has 1 atom stereocenters. The summed E-state index contributed by atoms with van der Waals surface area (Å²) in [5, 5.41) is 4.65. The van der Waals surface area contributed by atoms with Gasteiger partial charge in [0.25, 0.3) is 0 Å². The predicted molar refractivity (Wildman–Crippen MR) is 71.4 cm³/mol. The number of hydrogen-bond donors (Lipinski definition) is 1. The first-order valence-electron chi connectivity index (χ1n) is 5.33. The van der Waals surface area contributed by atoms with Crippen molar-refractivity contribution in [2.75, 3.05) is 27.2 Å². The fourth-order valence-corrected chi connectivity index (χ4v) is 1.71. The van der Waals surface area contributed by atoms with Crippen molar-refractivity contribution in [1.29, 1.82) is 0 Å². The second kappa shape index (κ2) is 6.45. The van der Waals surface area contributed by atoms with Crippen LogP contribution in [-0.2, 0) is 0 Å². The van der Waals surface area contributed by atoms with Crippen LogP contribution in [0.4, 0.5) is 0 Å². The number of halogens is 2. The molecule has 0 aliphatic heterocycles. The van der Waals surface area contributed by atoms with Crippen molar-refractivity contribution in [1.82, 2.24) is 10.2 Å². The summed E-state index contributed by atoms with van der Waals surface area (Å²) in [6, 6.07) is 6.04. The van der Waals surface area contributed by atoms with Crippen LogP contribution in [0.15, 0.2) is 18.2 Å². The molecule has 0 saturated heterocycles. The van der Waals surface area contributed by atoms with Gasteiger partial charge in [0.05, 0.1) is 10.0 Å². The summed E-state index contributed by atoms with van der Waals surface area (Å²) in [7, 11) is 4.12. The second-order valence-corrected chi connectivity index (χ2v) is 4.97. The summed E-state index contributed by atoms with van der Waals surface area (Å²) in [4.78, 5) is 2.15. The standard InChI is InChI=1S/C12H18Cl2N2/c1-9(15-6-7-16(2)3)10-4-5-11(13)12(14)8-10/h4-5,8-9,15H,6-7H2,1-3H3. The smallest absolute Gasteiger partial charge is 0.0595 e. The summed E-state index contributed by atoms with van der Waals surface area (Å²) in [6.07, 6.45) is 0. The maximum Gasteiger partial charge on any atom is 0.0595 e. The van der Waals surface area contributed by atoms with Crippen molar-refractivity contribution in [2.45, 2.75) is 13.0 Å². The molecular formula is C12H18Cl2N2. The Kier molecular flexibility index (Phi) is 5.56. The van der Waals surface area contributed by atoms with Crippen LogP contribution < -0.4 is 5.32 Å². The molecule has 1 aromatic rings. The molecule has 2 nitrogen and oxygen atoms in total. The highest BCUT2D eigenvalue weighted by molar-refractivity contribution is 6.42. The highest BCUT2D eigenvalue weighted by atomic mass is 35.5. The lowest BCUT2D eigenvalue weighted by Crippen LogP contribution is -2.28. The first-order valence-corrected chi connectivity index (χ1v) is 6.09. The monoisotopic (exact) mass is 260 g/mol. The molecule has 4 heteroatoms. The molecule has 0 radical (unpaired) electrons. The molecule has 0 aromatic heterocycles. The Morgan fingerprint density at radius 2 is 1.94 bits per heavy atom. The van der Waals surface area contributed by atoms with Crippen molar-refractivity contribution in [3.8, 4) is 0 Å². The Labute approximate surface area is 108 Å².